The summed E-state index contributed by atoms with van der Waals surface area (Å²) < 4.78 is 13.5. The van der Waals surface area contributed by atoms with E-state index >= 15 is 0 Å². The Morgan fingerprint density at radius 1 is 1.62 bits per heavy atom. The Kier molecular flexibility index (Phi) is 3.61. The number of nitrogens with zero attached hydrogens (tertiary/aromatic N) is 2. The van der Waals surface area contributed by atoms with Crippen LogP contribution in [0.1, 0.15) is 12.8 Å². The number of pyridine rings is 1. The highest BCUT2D eigenvalue weighted by molar-refractivity contribution is 6.30. The van der Waals surface area contributed by atoms with Gasteiger partial charge < -0.3 is 10.2 Å². The number of hydrogen-bond donors (Lipinski definition) is 1. The predicted octanol–water partition coefficient (Wildman–Crippen LogP) is 2.38. The zero-order valence-electron chi connectivity index (χ0n) is 9.21. The monoisotopic (exact) mass is 243 g/mol. The van der Waals surface area contributed by atoms with Crippen LogP contribution < -0.4 is 5.32 Å². The maximum absolute atomic E-state index is 13.5. The van der Waals surface area contributed by atoms with Crippen molar-refractivity contribution in [3.63, 3.8) is 0 Å². The van der Waals surface area contributed by atoms with E-state index in [0.717, 1.165) is 25.9 Å². The molecule has 0 radical (unpaired) electrons. The highest BCUT2D eigenvalue weighted by Crippen LogP contribution is 2.18. The first-order valence-corrected chi connectivity index (χ1v) is 5.79. The Labute approximate surface area is 99.6 Å². The number of likely N-dealkylation sites (tertiary alicyclic amines) is 1. The van der Waals surface area contributed by atoms with Crippen LogP contribution in [-0.2, 0) is 0 Å². The molecule has 0 aromatic carbocycles. The van der Waals surface area contributed by atoms with Crippen molar-refractivity contribution in [3.05, 3.63) is 23.1 Å². The topological polar surface area (TPSA) is 28.2 Å². The first kappa shape index (κ1) is 11.6. The number of halogens is 2. The summed E-state index contributed by atoms with van der Waals surface area (Å²) in [5, 5.41) is 3.44. The van der Waals surface area contributed by atoms with Crippen molar-refractivity contribution in [1.29, 1.82) is 0 Å². The average molecular weight is 244 g/mol. The number of anilines is 1. The molecule has 1 N–H and O–H groups in total. The molecule has 1 aliphatic rings. The third kappa shape index (κ3) is 2.83. The van der Waals surface area contributed by atoms with Crippen LogP contribution in [0.5, 0.6) is 0 Å². The second-order valence-corrected chi connectivity index (χ2v) is 4.67. The summed E-state index contributed by atoms with van der Waals surface area (Å²) in [5.41, 5.74) is 0. The van der Waals surface area contributed by atoms with Gasteiger partial charge in [-0.05, 0) is 32.5 Å². The van der Waals surface area contributed by atoms with Crippen LogP contribution in [0.3, 0.4) is 0 Å². The van der Waals surface area contributed by atoms with E-state index in [0.29, 0.717) is 10.8 Å². The van der Waals surface area contributed by atoms with Crippen molar-refractivity contribution in [2.45, 2.75) is 18.9 Å². The van der Waals surface area contributed by atoms with E-state index in [1.54, 1.807) is 0 Å². The maximum atomic E-state index is 13.5. The molecule has 88 valence electrons. The molecular formula is C11H15ClFN3. The Bertz CT molecular complexity index is 372. The average Bonchev–Trinajstić information content (AvgIpc) is 2.22. The molecule has 1 unspecified atom stereocenters. The van der Waals surface area contributed by atoms with Gasteiger partial charge in [0.25, 0.3) is 0 Å². The molecule has 1 aromatic rings. The lowest BCUT2D eigenvalue weighted by molar-refractivity contribution is 0.260. The zero-order valence-corrected chi connectivity index (χ0v) is 9.97. The fourth-order valence-corrected chi connectivity index (χ4v) is 2.14. The van der Waals surface area contributed by atoms with Crippen LogP contribution in [0, 0.1) is 5.82 Å². The van der Waals surface area contributed by atoms with Gasteiger partial charge in [-0.15, -0.1) is 0 Å². The number of piperidine rings is 1. The number of hydrogen-bond acceptors (Lipinski definition) is 3. The summed E-state index contributed by atoms with van der Waals surface area (Å²) in [5.74, 6) is -0.0922. The van der Waals surface area contributed by atoms with Gasteiger partial charge in [-0.25, -0.2) is 9.37 Å². The minimum Gasteiger partial charge on any atom is -0.364 e. The van der Waals surface area contributed by atoms with Crippen LogP contribution in [-0.4, -0.2) is 36.1 Å². The van der Waals surface area contributed by atoms with E-state index in [-0.39, 0.29) is 11.9 Å². The van der Waals surface area contributed by atoms with E-state index in [9.17, 15) is 4.39 Å². The molecule has 0 amide bonds. The highest BCUT2D eigenvalue weighted by atomic mass is 35.5. The van der Waals surface area contributed by atoms with Gasteiger partial charge in [-0.3, -0.25) is 0 Å². The third-order valence-electron chi connectivity index (χ3n) is 2.77. The molecule has 1 fully saturated rings. The summed E-state index contributed by atoms with van der Waals surface area (Å²) in [6.07, 6.45) is 3.64. The smallest absolute Gasteiger partial charge is 0.166 e. The van der Waals surface area contributed by atoms with Gasteiger partial charge in [0, 0.05) is 18.8 Å². The molecule has 2 rings (SSSR count). The molecule has 3 nitrogen and oxygen atoms in total. The standard InChI is InChI=1S/C11H15ClFN3/c1-16-4-2-3-9(7-16)15-11-10(13)5-8(12)6-14-11/h5-6,9H,2-4,7H2,1H3,(H,14,15). The van der Waals surface area contributed by atoms with Gasteiger partial charge in [-0.2, -0.15) is 0 Å². The minimum atomic E-state index is -0.388. The minimum absolute atomic E-state index is 0.266. The molecule has 0 spiro atoms. The molecule has 1 saturated heterocycles. The molecule has 1 aromatic heterocycles. The van der Waals surface area contributed by atoms with Crippen LogP contribution in [0.2, 0.25) is 5.02 Å². The van der Waals surface area contributed by atoms with Crippen LogP contribution >= 0.6 is 11.6 Å². The van der Waals surface area contributed by atoms with Gasteiger partial charge in [0.05, 0.1) is 5.02 Å². The van der Waals surface area contributed by atoms with E-state index in [2.05, 4.69) is 22.2 Å². The lowest BCUT2D eigenvalue weighted by Gasteiger charge is -2.30. The first-order chi connectivity index (χ1) is 7.65. The lowest BCUT2D eigenvalue weighted by Crippen LogP contribution is -2.40. The van der Waals surface area contributed by atoms with Crippen molar-refractivity contribution in [2.24, 2.45) is 0 Å². The van der Waals surface area contributed by atoms with Crippen LogP contribution in [0.4, 0.5) is 10.2 Å². The molecule has 1 aliphatic heterocycles. The van der Waals surface area contributed by atoms with E-state index in [4.69, 9.17) is 11.6 Å². The van der Waals surface area contributed by atoms with Gasteiger partial charge in [-0.1, -0.05) is 11.6 Å². The summed E-state index contributed by atoms with van der Waals surface area (Å²) in [7, 11) is 2.07. The second kappa shape index (κ2) is 4.97. The molecular weight excluding hydrogens is 229 g/mol. The van der Waals surface area contributed by atoms with Crippen molar-refractivity contribution >= 4 is 17.4 Å². The predicted molar refractivity (Wildman–Crippen MR) is 63.3 cm³/mol. The molecule has 0 saturated carbocycles. The van der Waals surface area contributed by atoms with Crippen molar-refractivity contribution in [3.8, 4) is 0 Å². The van der Waals surface area contributed by atoms with E-state index in [1.807, 2.05) is 0 Å². The molecule has 0 aliphatic carbocycles. The zero-order chi connectivity index (χ0) is 11.5. The van der Waals surface area contributed by atoms with Crippen LogP contribution in [0.15, 0.2) is 12.3 Å². The quantitative estimate of drug-likeness (QED) is 0.865. The normalized spacial score (nSPS) is 22.1. The maximum Gasteiger partial charge on any atom is 0.166 e. The van der Waals surface area contributed by atoms with Gasteiger partial charge in [0.2, 0.25) is 0 Å². The summed E-state index contributed by atoms with van der Waals surface area (Å²) in [4.78, 5) is 6.19. The van der Waals surface area contributed by atoms with Crippen molar-refractivity contribution in [1.82, 2.24) is 9.88 Å². The Balaban J connectivity index is 2.02. The lowest BCUT2D eigenvalue weighted by atomic mass is 10.1. The largest absolute Gasteiger partial charge is 0.364 e. The van der Waals surface area contributed by atoms with Gasteiger partial charge in [0.1, 0.15) is 0 Å². The van der Waals surface area contributed by atoms with E-state index < -0.39 is 0 Å². The Morgan fingerprint density at radius 3 is 3.12 bits per heavy atom. The van der Waals surface area contributed by atoms with Crippen molar-refractivity contribution < 1.29 is 4.39 Å². The molecule has 0 bridgehead atoms. The summed E-state index contributed by atoms with van der Waals surface area (Å²) >= 11 is 5.64. The molecule has 1 atom stereocenters. The third-order valence-corrected chi connectivity index (χ3v) is 2.98. The van der Waals surface area contributed by atoms with Crippen LogP contribution in [0.25, 0.3) is 0 Å². The molecule has 2 heterocycles. The fraction of sp³-hybridized carbons (Fsp3) is 0.545. The van der Waals surface area contributed by atoms with Gasteiger partial charge >= 0.3 is 0 Å². The summed E-state index contributed by atoms with van der Waals surface area (Å²) in [6.45, 7) is 2.03. The first-order valence-electron chi connectivity index (χ1n) is 5.41. The molecule has 16 heavy (non-hydrogen) atoms. The second-order valence-electron chi connectivity index (χ2n) is 4.23. The Morgan fingerprint density at radius 2 is 2.44 bits per heavy atom. The molecule has 5 heteroatoms. The number of likely N-dealkylation sites (N-methyl/N-ethyl adjacent to an activating group) is 1. The van der Waals surface area contributed by atoms with E-state index in [1.165, 1.54) is 12.3 Å². The highest BCUT2D eigenvalue weighted by Gasteiger charge is 2.18. The summed E-state index contributed by atoms with van der Waals surface area (Å²) in [6, 6.07) is 1.55. The Hall–Kier alpha value is -0.870. The van der Waals surface area contributed by atoms with Gasteiger partial charge in [0.15, 0.2) is 11.6 Å². The van der Waals surface area contributed by atoms with Crippen molar-refractivity contribution in [2.75, 3.05) is 25.5 Å². The number of nitrogens with one attached hydrogen (secondary N) is 1. The SMILES string of the molecule is CN1CCCC(Nc2ncc(Cl)cc2F)C1. The fourth-order valence-electron chi connectivity index (χ4n) is 2.00. The number of rotatable bonds is 2. The number of aromatic nitrogens is 1.